The van der Waals surface area contributed by atoms with Crippen LogP contribution in [0.3, 0.4) is 0 Å². The van der Waals surface area contributed by atoms with Gasteiger partial charge in [0.2, 0.25) is 0 Å². The van der Waals surface area contributed by atoms with E-state index in [2.05, 4.69) is 0 Å². The van der Waals surface area contributed by atoms with Crippen molar-refractivity contribution in [3.8, 4) is 39.1 Å². The van der Waals surface area contributed by atoms with E-state index in [-0.39, 0.29) is 0 Å². The van der Waals surface area contributed by atoms with Gasteiger partial charge in [-0.1, -0.05) is 0 Å². The molecule has 5 heteroatoms. The van der Waals surface area contributed by atoms with Crippen LogP contribution < -0.4 is 14.2 Å². The maximum atomic E-state index is 5.46. The molecule has 1 aromatic heterocycles. The Morgan fingerprint density at radius 2 is 1.52 bits per heavy atom. The van der Waals surface area contributed by atoms with Gasteiger partial charge in [0.15, 0.2) is 0 Å². The highest BCUT2D eigenvalue weighted by atomic mass is 32.1. The van der Waals surface area contributed by atoms with Crippen molar-refractivity contribution >= 4 is 11.3 Å². The van der Waals surface area contributed by atoms with Crippen LogP contribution in [0.1, 0.15) is 0 Å². The minimum atomic E-state index is 0.750. The molecule has 0 saturated heterocycles. The van der Waals surface area contributed by atoms with E-state index in [0.29, 0.717) is 0 Å². The quantitative estimate of drug-likeness (QED) is 0.691. The summed E-state index contributed by atoms with van der Waals surface area (Å²) in [4.78, 5) is 4.73. The number of hydrogen-bond acceptors (Lipinski definition) is 5. The minimum Gasteiger partial charge on any atom is -0.497 e. The van der Waals surface area contributed by atoms with Gasteiger partial charge in [0.25, 0.3) is 0 Å². The fourth-order valence-corrected chi connectivity index (χ4v) is 3.13. The van der Waals surface area contributed by atoms with Crippen molar-refractivity contribution in [1.29, 1.82) is 0 Å². The summed E-state index contributed by atoms with van der Waals surface area (Å²) in [6.07, 6.45) is 0. The maximum absolute atomic E-state index is 5.46. The summed E-state index contributed by atoms with van der Waals surface area (Å²) in [7, 11) is 4.95. The molecule has 3 rings (SSSR count). The fourth-order valence-electron chi connectivity index (χ4n) is 2.27. The lowest BCUT2D eigenvalue weighted by Gasteiger charge is -2.08. The van der Waals surface area contributed by atoms with E-state index in [1.54, 1.807) is 32.7 Å². The Bertz CT molecular complexity index is 796. The van der Waals surface area contributed by atoms with Crippen LogP contribution in [0.25, 0.3) is 21.8 Å². The van der Waals surface area contributed by atoms with Gasteiger partial charge in [-0.15, -0.1) is 11.3 Å². The summed E-state index contributed by atoms with van der Waals surface area (Å²) in [6, 6.07) is 13.6. The second kappa shape index (κ2) is 6.71. The molecule has 3 aromatic rings. The molecule has 0 aliphatic heterocycles. The normalized spacial score (nSPS) is 10.4. The molecule has 118 valence electrons. The van der Waals surface area contributed by atoms with Gasteiger partial charge in [-0.3, -0.25) is 0 Å². The highest BCUT2D eigenvalue weighted by Gasteiger charge is 2.12. The largest absolute Gasteiger partial charge is 0.497 e. The van der Waals surface area contributed by atoms with Crippen LogP contribution in [0.15, 0.2) is 47.8 Å². The zero-order valence-electron chi connectivity index (χ0n) is 13.2. The molecule has 0 unspecified atom stereocenters. The average molecular weight is 327 g/mol. The van der Waals surface area contributed by atoms with E-state index in [1.165, 1.54) is 0 Å². The predicted molar refractivity (Wildman–Crippen MR) is 92.6 cm³/mol. The van der Waals surface area contributed by atoms with Crippen LogP contribution >= 0.6 is 11.3 Å². The lowest BCUT2D eigenvalue weighted by Crippen LogP contribution is -1.90. The summed E-state index contributed by atoms with van der Waals surface area (Å²) in [6.45, 7) is 0. The number of aromatic nitrogens is 1. The molecule has 23 heavy (non-hydrogen) atoms. The van der Waals surface area contributed by atoms with Crippen LogP contribution in [0.4, 0.5) is 0 Å². The minimum absolute atomic E-state index is 0.750. The van der Waals surface area contributed by atoms with Gasteiger partial charge in [0.05, 0.1) is 32.6 Å². The van der Waals surface area contributed by atoms with E-state index in [9.17, 15) is 0 Å². The molecule has 4 nitrogen and oxygen atoms in total. The van der Waals surface area contributed by atoms with Crippen LogP contribution in [0.2, 0.25) is 0 Å². The molecule has 1 heterocycles. The fraction of sp³-hybridized carbons (Fsp3) is 0.167. The van der Waals surface area contributed by atoms with E-state index >= 15 is 0 Å². The number of thiazole rings is 1. The third kappa shape index (κ3) is 3.14. The van der Waals surface area contributed by atoms with Crippen molar-refractivity contribution in [3.05, 3.63) is 47.8 Å². The molecule has 0 spiro atoms. The standard InChI is InChI=1S/C18H17NO3S/c1-20-13-6-4-12(5-7-13)16-11-23-18(19-16)15-9-8-14(21-2)10-17(15)22-3/h4-11H,1-3H3. The van der Waals surface area contributed by atoms with Crippen LogP contribution in [0.5, 0.6) is 17.2 Å². The van der Waals surface area contributed by atoms with E-state index in [4.69, 9.17) is 19.2 Å². The van der Waals surface area contributed by atoms with Crippen molar-refractivity contribution in [2.24, 2.45) is 0 Å². The number of nitrogens with zero attached hydrogens (tertiary/aromatic N) is 1. The summed E-state index contributed by atoms with van der Waals surface area (Å²) in [5.74, 6) is 2.35. The van der Waals surface area contributed by atoms with E-state index in [1.807, 2.05) is 47.8 Å². The molecule has 0 N–H and O–H groups in total. The number of methoxy groups -OCH3 is 3. The Labute approximate surface area is 139 Å². The van der Waals surface area contributed by atoms with Crippen molar-refractivity contribution in [2.75, 3.05) is 21.3 Å². The first-order valence-electron chi connectivity index (χ1n) is 7.07. The molecule has 0 fully saturated rings. The Balaban J connectivity index is 1.95. The molecule has 0 saturated carbocycles. The third-order valence-electron chi connectivity index (χ3n) is 3.53. The van der Waals surface area contributed by atoms with E-state index < -0.39 is 0 Å². The van der Waals surface area contributed by atoms with Gasteiger partial charge in [-0.25, -0.2) is 4.98 Å². The van der Waals surface area contributed by atoms with Gasteiger partial charge in [0, 0.05) is 17.0 Å². The summed E-state index contributed by atoms with van der Waals surface area (Å²) < 4.78 is 15.9. The summed E-state index contributed by atoms with van der Waals surface area (Å²) >= 11 is 1.59. The van der Waals surface area contributed by atoms with Crippen LogP contribution in [-0.4, -0.2) is 26.3 Å². The van der Waals surface area contributed by atoms with Gasteiger partial charge >= 0.3 is 0 Å². The van der Waals surface area contributed by atoms with Gasteiger partial charge in [0.1, 0.15) is 22.3 Å². The monoisotopic (exact) mass is 327 g/mol. The number of benzene rings is 2. The molecule has 0 amide bonds. The second-order valence-corrected chi connectivity index (χ2v) is 5.69. The molecule has 0 aliphatic rings. The highest BCUT2D eigenvalue weighted by Crippen LogP contribution is 2.36. The lowest BCUT2D eigenvalue weighted by molar-refractivity contribution is 0.395. The van der Waals surface area contributed by atoms with Crippen molar-refractivity contribution in [3.63, 3.8) is 0 Å². The molecule has 0 atom stereocenters. The molecular formula is C18H17NO3S. The molecule has 2 aromatic carbocycles. The van der Waals surface area contributed by atoms with Gasteiger partial charge in [-0.2, -0.15) is 0 Å². The predicted octanol–water partition coefficient (Wildman–Crippen LogP) is 4.50. The number of rotatable bonds is 5. The lowest BCUT2D eigenvalue weighted by atomic mass is 10.1. The molecule has 0 radical (unpaired) electrons. The number of hydrogen-bond donors (Lipinski definition) is 0. The Morgan fingerprint density at radius 1 is 0.826 bits per heavy atom. The van der Waals surface area contributed by atoms with Gasteiger partial charge in [-0.05, 0) is 36.4 Å². The molecule has 0 aliphatic carbocycles. The third-order valence-corrected chi connectivity index (χ3v) is 4.40. The highest BCUT2D eigenvalue weighted by molar-refractivity contribution is 7.13. The van der Waals surface area contributed by atoms with Crippen molar-refractivity contribution < 1.29 is 14.2 Å². The first-order chi connectivity index (χ1) is 11.2. The first kappa shape index (κ1) is 15.4. The van der Waals surface area contributed by atoms with Crippen molar-refractivity contribution in [2.45, 2.75) is 0 Å². The first-order valence-corrected chi connectivity index (χ1v) is 7.95. The SMILES string of the molecule is COc1ccc(-c2csc(-c3ccc(OC)cc3OC)n2)cc1. The topological polar surface area (TPSA) is 40.6 Å². The second-order valence-electron chi connectivity index (χ2n) is 4.83. The Kier molecular flexibility index (Phi) is 4.48. The summed E-state index contributed by atoms with van der Waals surface area (Å²) in [5.41, 5.74) is 2.95. The summed E-state index contributed by atoms with van der Waals surface area (Å²) in [5, 5.41) is 2.95. The smallest absolute Gasteiger partial charge is 0.132 e. The Hall–Kier alpha value is -2.53. The van der Waals surface area contributed by atoms with E-state index in [0.717, 1.165) is 39.1 Å². The van der Waals surface area contributed by atoms with Crippen molar-refractivity contribution in [1.82, 2.24) is 4.98 Å². The zero-order chi connectivity index (χ0) is 16.2. The Morgan fingerprint density at radius 3 is 2.17 bits per heavy atom. The van der Waals surface area contributed by atoms with Gasteiger partial charge < -0.3 is 14.2 Å². The molecular weight excluding hydrogens is 310 g/mol. The average Bonchev–Trinajstić information content (AvgIpc) is 3.11. The van der Waals surface area contributed by atoms with Crippen LogP contribution in [0, 0.1) is 0 Å². The zero-order valence-corrected chi connectivity index (χ0v) is 14.0. The van der Waals surface area contributed by atoms with Crippen LogP contribution in [-0.2, 0) is 0 Å². The molecule has 0 bridgehead atoms. The number of ether oxygens (including phenoxy) is 3. The maximum Gasteiger partial charge on any atom is 0.132 e.